The molecule has 3 aliphatic rings. The first-order chi connectivity index (χ1) is 10.2. The van der Waals surface area contributed by atoms with Gasteiger partial charge in [0.2, 0.25) is 0 Å². The van der Waals surface area contributed by atoms with Crippen molar-refractivity contribution in [3.05, 3.63) is 0 Å². The Labute approximate surface area is 131 Å². The third-order valence-corrected chi connectivity index (χ3v) is 6.23. The topological polar surface area (TPSA) is 18.5 Å². The van der Waals surface area contributed by atoms with Gasteiger partial charge in [-0.3, -0.25) is 4.90 Å². The summed E-state index contributed by atoms with van der Waals surface area (Å²) in [5.74, 6) is 0. The van der Waals surface area contributed by atoms with Crippen LogP contribution in [0.2, 0.25) is 0 Å². The molecule has 21 heavy (non-hydrogen) atoms. The Morgan fingerprint density at radius 3 is 2.62 bits per heavy atom. The minimum atomic E-state index is 0.612. The third kappa shape index (κ3) is 3.80. The number of hydrogen-bond donors (Lipinski definition) is 1. The van der Waals surface area contributed by atoms with Crippen LogP contribution < -0.4 is 5.32 Å². The van der Waals surface area contributed by atoms with Crippen molar-refractivity contribution in [2.24, 2.45) is 5.41 Å². The van der Waals surface area contributed by atoms with Crippen LogP contribution in [-0.4, -0.2) is 61.2 Å². The Morgan fingerprint density at radius 2 is 1.86 bits per heavy atom. The summed E-state index contributed by atoms with van der Waals surface area (Å²) in [6.07, 6.45) is 9.94. The van der Waals surface area contributed by atoms with E-state index in [-0.39, 0.29) is 0 Å². The van der Waals surface area contributed by atoms with Gasteiger partial charge in [-0.05, 0) is 90.4 Å². The van der Waals surface area contributed by atoms with Crippen molar-refractivity contribution in [3.63, 3.8) is 0 Å². The summed E-state index contributed by atoms with van der Waals surface area (Å²) in [4.78, 5) is 5.56. The molecule has 3 rings (SSSR count). The highest BCUT2D eigenvalue weighted by molar-refractivity contribution is 4.93. The van der Waals surface area contributed by atoms with Gasteiger partial charge in [0.15, 0.2) is 0 Å². The van der Waals surface area contributed by atoms with Crippen molar-refractivity contribution in [3.8, 4) is 0 Å². The number of likely N-dealkylation sites (tertiary alicyclic amines) is 2. The maximum absolute atomic E-state index is 3.67. The minimum Gasteiger partial charge on any atom is -0.316 e. The van der Waals surface area contributed by atoms with E-state index in [1.807, 2.05) is 0 Å². The fourth-order valence-corrected chi connectivity index (χ4v) is 4.92. The molecule has 3 heterocycles. The van der Waals surface area contributed by atoms with E-state index in [9.17, 15) is 0 Å². The second kappa shape index (κ2) is 6.97. The molecule has 3 fully saturated rings. The summed E-state index contributed by atoms with van der Waals surface area (Å²) in [6.45, 7) is 12.6. The molecule has 2 unspecified atom stereocenters. The molecule has 2 atom stereocenters. The molecule has 1 N–H and O–H groups in total. The maximum atomic E-state index is 3.67. The van der Waals surface area contributed by atoms with Crippen LogP contribution >= 0.6 is 0 Å². The van der Waals surface area contributed by atoms with Crippen LogP contribution in [0.1, 0.15) is 58.8 Å². The first kappa shape index (κ1) is 15.8. The smallest absolute Gasteiger partial charge is 0.0108 e. The van der Waals surface area contributed by atoms with E-state index in [0.29, 0.717) is 5.41 Å². The Kier molecular flexibility index (Phi) is 5.23. The summed E-state index contributed by atoms with van der Waals surface area (Å²) >= 11 is 0. The molecule has 3 nitrogen and oxygen atoms in total. The molecule has 0 aromatic rings. The van der Waals surface area contributed by atoms with Crippen molar-refractivity contribution >= 4 is 0 Å². The van der Waals surface area contributed by atoms with Crippen molar-refractivity contribution in [1.82, 2.24) is 15.1 Å². The molecule has 3 heteroatoms. The molecule has 1 spiro atoms. The van der Waals surface area contributed by atoms with E-state index in [1.54, 1.807) is 0 Å². The second-order valence-electron chi connectivity index (χ2n) is 8.07. The molecule has 122 valence electrons. The fraction of sp³-hybridized carbons (Fsp3) is 1.00. The lowest BCUT2D eigenvalue weighted by atomic mass is 9.74. The summed E-state index contributed by atoms with van der Waals surface area (Å²) < 4.78 is 0. The first-order valence-corrected chi connectivity index (χ1v) is 9.37. The number of nitrogens with one attached hydrogen (secondary N) is 1. The number of nitrogens with zero attached hydrogens (tertiary/aromatic N) is 2. The molecule has 0 aliphatic carbocycles. The molecule has 0 aromatic heterocycles. The van der Waals surface area contributed by atoms with Crippen LogP contribution in [0.15, 0.2) is 0 Å². The van der Waals surface area contributed by atoms with E-state index < -0.39 is 0 Å². The van der Waals surface area contributed by atoms with Gasteiger partial charge in [-0.15, -0.1) is 0 Å². The zero-order valence-corrected chi connectivity index (χ0v) is 14.2. The maximum Gasteiger partial charge on any atom is 0.0108 e. The van der Waals surface area contributed by atoms with Crippen LogP contribution in [0.3, 0.4) is 0 Å². The second-order valence-corrected chi connectivity index (χ2v) is 8.07. The Morgan fingerprint density at radius 1 is 1.00 bits per heavy atom. The van der Waals surface area contributed by atoms with Crippen LogP contribution in [0.4, 0.5) is 0 Å². The highest BCUT2D eigenvalue weighted by Crippen LogP contribution is 2.37. The van der Waals surface area contributed by atoms with Gasteiger partial charge in [0, 0.05) is 25.2 Å². The lowest BCUT2D eigenvalue weighted by molar-refractivity contribution is 0.0328. The Balaban J connectivity index is 1.58. The molecular formula is C18H35N3. The van der Waals surface area contributed by atoms with Crippen molar-refractivity contribution in [2.45, 2.75) is 70.9 Å². The predicted octanol–water partition coefficient (Wildman–Crippen LogP) is 2.71. The quantitative estimate of drug-likeness (QED) is 0.844. The Hall–Kier alpha value is -0.120. The van der Waals surface area contributed by atoms with Gasteiger partial charge in [0.25, 0.3) is 0 Å². The average Bonchev–Trinajstić information content (AvgIpc) is 2.74. The molecule has 0 radical (unpaired) electrons. The van der Waals surface area contributed by atoms with Gasteiger partial charge in [-0.1, -0.05) is 0 Å². The minimum absolute atomic E-state index is 0.612. The normalized spacial score (nSPS) is 37.0. The molecule has 0 amide bonds. The van der Waals surface area contributed by atoms with Crippen molar-refractivity contribution in [1.29, 1.82) is 0 Å². The lowest BCUT2D eigenvalue weighted by Crippen LogP contribution is -2.53. The van der Waals surface area contributed by atoms with Gasteiger partial charge in [-0.25, -0.2) is 0 Å². The van der Waals surface area contributed by atoms with Crippen LogP contribution in [0.25, 0.3) is 0 Å². The van der Waals surface area contributed by atoms with E-state index in [4.69, 9.17) is 0 Å². The monoisotopic (exact) mass is 293 g/mol. The van der Waals surface area contributed by atoms with E-state index >= 15 is 0 Å². The van der Waals surface area contributed by atoms with E-state index in [1.165, 1.54) is 84.2 Å². The fourth-order valence-electron chi connectivity index (χ4n) is 4.92. The van der Waals surface area contributed by atoms with Gasteiger partial charge in [0.05, 0.1) is 0 Å². The van der Waals surface area contributed by atoms with Gasteiger partial charge < -0.3 is 10.2 Å². The van der Waals surface area contributed by atoms with E-state index in [2.05, 4.69) is 29.0 Å². The highest BCUT2D eigenvalue weighted by Gasteiger charge is 2.38. The summed E-state index contributed by atoms with van der Waals surface area (Å²) in [5, 5.41) is 3.67. The SMILES string of the molecule is CC(C)N1CCCC(N2CCCC3(CCCNC3)C2)CC1. The summed E-state index contributed by atoms with van der Waals surface area (Å²) in [7, 11) is 0. The Bertz CT molecular complexity index is 317. The van der Waals surface area contributed by atoms with Crippen molar-refractivity contribution in [2.75, 3.05) is 39.3 Å². The third-order valence-electron chi connectivity index (χ3n) is 6.23. The zero-order chi connectivity index (χ0) is 14.7. The number of rotatable bonds is 2. The first-order valence-electron chi connectivity index (χ1n) is 9.37. The molecule has 0 bridgehead atoms. The molecular weight excluding hydrogens is 258 g/mol. The van der Waals surface area contributed by atoms with Gasteiger partial charge in [-0.2, -0.15) is 0 Å². The summed E-state index contributed by atoms with van der Waals surface area (Å²) in [5.41, 5.74) is 0.612. The number of hydrogen-bond acceptors (Lipinski definition) is 3. The van der Waals surface area contributed by atoms with Gasteiger partial charge >= 0.3 is 0 Å². The largest absolute Gasteiger partial charge is 0.316 e. The van der Waals surface area contributed by atoms with Crippen LogP contribution in [-0.2, 0) is 0 Å². The standard InChI is InChI=1S/C18H35N3/c1-16(2)20-11-3-6-17(7-13-20)21-12-5-9-18(15-21)8-4-10-19-14-18/h16-17,19H,3-15H2,1-2H3. The average molecular weight is 293 g/mol. The highest BCUT2D eigenvalue weighted by atomic mass is 15.2. The molecule has 0 saturated carbocycles. The van der Waals surface area contributed by atoms with Gasteiger partial charge in [0.1, 0.15) is 0 Å². The van der Waals surface area contributed by atoms with Crippen LogP contribution in [0.5, 0.6) is 0 Å². The molecule has 0 aromatic carbocycles. The summed E-state index contributed by atoms with van der Waals surface area (Å²) in [6, 6.07) is 1.58. The molecule has 3 saturated heterocycles. The lowest BCUT2D eigenvalue weighted by Gasteiger charge is -2.48. The predicted molar refractivity (Wildman–Crippen MR) is 89.7 cm³/mol. The molecule has 3 aliphatic heterocycles. The van der Waals surface area contributed by atoms with Crippen LogP contribution in [0, 0.1) is 5.41 Å². The van der Waals surface area contributed by atoms with E-state index in [0.717, 1.165) is 12.1 Å². The number of piperidine rings is 2. The van der Waals surface area contributed by atoms with Crippen molar-refractivity contribution < 1.29 is 0 Å². The zero-order valence-electron chi connectivity index (χ0n) is 14.2.